The molecule has 0 saturated heterocycles. The van der Waals surface area contributed by atoms with E-state index in [2.05, 4.69) is 5.32 Å². The summed E-state index contributed by atoms with van der Waals surface area (Å²) in [7, 11) is 7.89. The minimum Gasteiger partial charge on any atom is -0.510 e. The van der Waals surface area contributed by atoms with Crippen LogP contribution in [0.15, 0.2) is 28.7 Å². The number of allylic oxidation sites excluding steroid dienone is 1. The van der Waals surface area contributed by atoms with Gasteiger partial charge in [-0.15, -0.1) is 12.4 Å². The topological polar surface area (TPSA) is 203 Å². The number of hydrogen-bond donors (Lipinski definition) is 6. The summed E-state index contributed by atoms with van der Waals surface area (Å²) in [6.07, 6.45) is 0.105. The smallest absolute Gasteiger partial charge is 0.255 e. The van der Waals surface area contributed by atoms with E-state index in [0.717, 1.165) is 0 Å². The number of nitrogens with one attached hydrogen (secondary N) is 1. The molecule has 218 valence electrons. The van der Waals surface area contributed by atoms with Gasteiger partial charge in [0, 0.05) is 38.4 Å². The highest BCUT2D eigenvalue weighted by molar-refractivity contribution is 6.25. The van der Waals surface area contributed by atoms with Crippen molar-refractivity contribution in [3.05, 3.63) is 39.9 Å². The second-order valence-corrected chi connectivity index (χ2v) is 10.5. The molecule has 0 heterocycles. The highest BCUT2D eigenvalue weighted by atomic mass is 35.5. The van der Waals surface area contributed by atoms with Crippen molar-refractivity contribution in [2.45, 2.75) is 24.5 Å². The van der Waals surface area contributed by atoms with Crippen molar-refractivity contribution in [2.24, 2.45) is 17.6 Å². The Morgan fingerprint density at radius 3 is 2.33 bits per heavy atom. The molecule has 0 radical (unpaired) electrons. The summed E-state index contributed by atoms with van der Waals surface area (Å²) < 4.78 is 4.81. The van der Waals surface area contributed by atoms with Gasteiger partial charge in [0.25, 0.3) is 5.91 Å². The van der Waals surface area contributed by atoms with E-state index in [-0.39, 0.29) is 48.7 Å². The van der Waals surface area contributed by atoms with Gasteiger partial charge in [-0.05, 0) is 44.5 Å². The lowest BCUT2D eigenvalue weighted by Crippen LogP contribution is -2.63. The standard InChI is InChI=1S/C26H32N4O9.ClH/c1-29(2)14-8-13(28-15(31)9-39-5)20(32)17-11(14)6-10-7-12-19(30(3)4)22(34)18(25(27)37)24(36)26(12,38)23(35)16(10)21(17)33;/h8,10,12,19,32,34-35,38H,6-7,9H2,1-5H3,(H2,27,37)(H,28,31);1H/t10?,12?,19-,26-;/m0./s1. The van der Waals surface area contributed by atoms with Gasteiger partial charge in [-0.25, -0.2) is 0 Å². The van der Waals surface area contributed by atoms with E-state index >= 15 is 0 Å². The summed E-state index contributed by atoms with van der Waals surface area (Å²) in [5.41, 5.74) is 2.17. The van der Waals surface area contributed by atoms with Gasteiger partial charge >= 0.3 is 0 Å². The number of aromatic hydroxyl groups is 1. The fourth-order valence-corrected chi connectivity index (χ4v) is 6.11. The maximum atomic E-state index is 13.9. The summed E-state index contributed by atoms with van der Waals surface area (Å²) in [6.45, 7) is -0.304. The highest BCUT2D eigenvalue weighted by Crippen LogP contribution is 2.53. The number of carbonyl (C=O) groups is 4. The zero-order valence-corrected chi connectivity index (χ0v) is 23.5. The Balaban J connectivity index is 0.00000441. The molecular weight excluding hydrogens is 548 g/mol. The number of benzene rings is 1. The van der Waals surface area contributed by atoms with E-state index in [4.69, 9.17) is 10.5 Å². The first kappa shape index (κ1) is 30.9. The number of rotatable bonds is 6. The number of Topliss-reactive ketones (excluding diaryl/α,β-unsaturated/α-hetero) is 2. The average molecular weight is 581 g/mol. The first-order valence-corrected chi connectivity index (χ1v) is 12.2. The molecule has 0 aliphatic heterocycles. The number of nitrogens with zero attached hydrogens (tertiary/aromatic N) is 2. The Morgan fingerprint density at radius 2 is 1.80 bits per heavy atom. The molecule has 1 aromatic rings. The highest BCUT2D eigenvalue weighted by Gasteiger charge is 2.63. The quantitative estimate of drug-likeness (QED) is 0.198. The molecule has 14 heteroatoms. The third-order valence-electron chi connectivity index (χ3n) is 7.73. The van der Waals surface area contributed by atoms with E-state index < -0.39 is 69.7 Å². The van der Waals surface area contributed by atoms with Gasteiger partial charge in [0.05, 0.1) is 17.3 Å². The van der Waals surface area contributed by atoms with E-state index in [0.29, 0.717) is 11.3 Å². The predicted octanol–water partition coefficient (Wildman–Crippen LogP) is 0.193. The minimum absolute atomic E-state index is 0. The van der Waals surface area contributed by atoms with E-state index in [1.807, 2.05) is 0 Å². The van der Waals surface area contributed by atoms with Crippen LogP contribution in [0.3, 0.4) is 0 Å². The number of nitrogens with two attached hydrogens (primary N) is 1. The molecule has 0 bridgehead atoms. The largest absolute Gasteiger partial charge is 0.510 e. The zero-order chi connectivity index (χ0) is 29.1. The third kappa shape index (κ3) is 4.38. The number of ether oxygens (including phenoxy) is 1. The van der Waals surface area contributed by atoms with Crippen molar-refractivity contribution >= 4 is 47.2 Å². The minimum atomic E-state index is -2.73. The zero-order valence-electron chi connectivity index (χ0n) is 22.6. The summed E-state index contributed by atoms with van der Waals surface area (Å²) in [6, 6.07) is 0.443. The van der Waals surface area contributed by atoms with Crippen LogP contribution in [0, 0.1) is 11.8 Å². The summed E-state index contributed by atoms with van der Waals surface area (Å²) in [5.74, 6) is -7.98. The van der Waals surface area contributed by atoms with E-state index in [1.165, 1.54) is 18.1 Å². The van der Waals surface area contributed by atoms with Crippen LogP contribution in [0.5, 0.6) is 5.75 Å². The number of amides is 2. The number of ketones is 2. The molecule has 4 rings (SSSR count). The lowest BCUT2D eigenvalue weighted by Gasteiger charge is -2.50. The van der Waals surface area contributed by atoms with Crippen molar-refractivity contribution < 1.29 is 44.3 Å². The number of aliphatic hydroxyl groups excluding tert-OH is 2. The molecule has 0 saturated carbocycles. The molecule has 2 amide bonds. The van der Waals surface area contributed by atoms with Gasteiger partial charge in [-0.3, -0.25) is 24.1 Å². The first-order valence-electron chi connectivity index (χ1n) is 12.2. The number of aliphatic hydroxyl groups is 3. The van der Waals surface area contributed by atoms with Crippen LogP contribution in [-0.4, -0.2) is 102 Å². The number of phenolic OH excluding ortho intramolecular Hbond substituents is 1. The van der Waals surface area contributed by atoms with Crippen molar-refractivity contribution in [3.8, 4) is 5.75 Å². The van der Waals surface area contributed by atoms with Crippen LogP contribution in [0.25, 0.3) is 0 Å². The van der Waals surface area contributed by atoms with Crippen molar-refractivity contribution in [3.63, 3.8) is 0 Å². The number of carbonyl (C=O) groups excluding carboxylic acids is 4. The molecule has 40 heavy (non-hydrogen) atoms. The van der Waals surface area contributed by atoms with Crippen molar-refractivity contribution in [1.29, 1.82) is 0 Å². The normalized spacial score (nSPS) is 25.6. The number of halogens is 1. The van der Waals surface area contributed by atoms with Crippen LogP contribution in [0.4, 0.5) is 11.4 Å². The van der Waals surface area contributed by atoms with Crippen LogP contribution in [0.1, 0.15) is 22.3 Å². The Morgan fingerprint density at radius 1 is 1.18 bits per heavy atom. The average Bonchev–Trinajstić information content (AvgIpc) is 2.82. The molecular formula is C26H33ClN4O9. The Labute approximate surface area is 236 Å². The van der Waals surface area contributed by atoms with Gasteiger partial charge in [-0.1, -0.05) is 0 Å². The predicted molar refractivity (Wildman–Crippen MR) is 146 cm³/mol. The van der Waals surface area contributed by atoms with Gasteiger partial charge in [-0.2, -0.15) is 0 Å². The Hall–Kier alpha value is -3.65. The SMILES string of the molecule is COCC(=O)Nc1cc(N(C)C)c2c(c1O)C(=O)C1=C(O)[C@]3(O)C(=O)C(C(N)=O)=C(O)[C@@H](N(C)C)C3CC1C2.Cl. The van der Waals surface area contributed by atoms with E-state index in [1.54, 1.807) is 33.1 Å². The molecule has 3 aliphatic carbocycles. The molecule has 7 N–H and O–H groups in total. The lowest BCUT2D eigenvalue weighted by atomic mass is 9.58. The summed E-state index contributed by atoms with van der Waals surface area (Å²) in [4.78, 5) is 54.8. The van der Waals surface area contributed by atoms with Crippen LogP contribution in [0.2, 0.25) is 0 Å². The third-order valence-corrected chi connectivity index (χ3v) is 7.73. The fourth-order valence-electron chi connectivity index (χ4n) is 6.11. The Bertz CT molecular complexity index is 1370. The second kappa shape index (κ2) is 10.7. The number of fused-ring (bicyclic) bond motifs is 3. The summed E-state index contributed by atoms with van der Waals surface area (Å²) in [5, 5.41) is 47.5. The van der Waals surface area contributed by atoms with Crippen LogP contribution >= 0.6 is 12.4 Å². The lowest BCUT2D eigenvalue weighted by molar-refractivity contribution is -0.148. The van der Waals surface area contributed by atoms with Gasteiger partial charge < -0.3 is 41.1 Å². The van der Waals surface area contributed by atoms with Gasteiger partial charge in [0.1, 0.15) is 23.7 Å². The maximum Gasteiger partial charge on any atom is 0.255 e. The van der Waals surface area contributed by atoms with Crippen LogP contribution < -0.4 is 16.0 Å². The molecule has 0 aromatic heterocycles. The fraction of sp³-hybridized carbons (Fsp3) is 0.462. The molecule has 0 fully saturated rings. The van der Waals surface area contributed by atoms with Crippen molar-refractivity contribution in [1.82, 2.24) is 4.90 Å². The van der Waals surface area contributed by atoms with Crippen LogP contribution in [-0.2, 0) is 25.5 Å². The monoisotopic (exact) mass is 580 g/mol. The summed E-state index contributed by atoms with van der Waals surface area (Å²) >= 11 is 0. The molecule has 4 atom stereocenters. The number of phenols is 1. The maximum absolute atomic E-state index is 13.9. The Kier molecular flexibility index (Phi) is 8.28. The van der Waals surface area contributed by atoms with Gasteiger partial charge in [0.2, 0.25) is 11.7 Å². The molecule has 3 aliphatic rings. The molecule has 13 nitrogen and oxygen atoms in total. The molecule has 2 unspecified atom stereocenters. The molecule has 1 aromatic carbocycles. The second-order valence-electron chi connectivity index (χ2n) is 10.5. The molecule has 0 spiro atoms. The number of methoxy groups -OCH3 is 1. The van der Waals surface area contributed by atoms with E-state index in [9.17, 15) is 39.6 Å². The number of primary amides is 1. The first-order chi connectivity index (χ1) is 18.2. The number of likely N-dealkylation sites (N-methyl/N-ethyl adjacent to an activating group) is 1. The number of anilines is 2. The van der Waals surface area contributed by atoms with Crippen molar-refractivity contribution in [2.75, 3.05) is 52.1 Å². The van der Waals surface area contributed by atoms with Gasteiger partial charge in [0.15, 0.2) is 17.1 Å². The number of hydrogen-bond acceptors (Lipinski definition) is 11.